The lowest BCUT2D eigenvalue weighted by molar-refractivity contribution is 0.0742. The van der Waals surface area contributed by atoms with Crippen LogP contribution < -0.4 is 15.3 Å². The zero-order valence-electron chi connectivity index (χ0n) is 17.3. The number of para-hydroxylation sites is 1. The second-order valence-electron chi connectivity index (χ2n) is 7.40. The monoisotopic (exact) mass is 417 g/mol. The summed E-state index contributed by atoms with van der Waals surface area (Å²) in [4.78, 5) is 29.3. The van der Waals surface area contributed by atoms with Crippen molar-refractivity contribution < 1.29 is 13.9 Å². The van der Waals surface area contributed by atoms with Crippen LogP contribution in [-0.2, 0) is 0 Å². The van der Waals surface area contributed by atoms with Gasteiger partial charge in [0.15, 0.2) is 0 Å². The number of ether oxygens (including phenoxy) is 1. The van der Waals surface area contributed by atoms with Crippen LogP contribution in [0.3, 0.4) is 0 Å². The first kappa shape index (κ1) is 20.5. The average Bonchev–Trinajstić information content (AvgIpc) is 2.81. The van der Waals surface area contributed by atoms with E-state index in [1.165, 1.54) is 0 Å². The molecule has 158 valence electrons. The molecule has 1 amide bonds. The lowest BCUT2D eigenvalue weighted by atomic mass is 10.1. The summed E-state index contributed by atoms with van der Waals surface area (Å²) in [5.74, 6) is 0.292. The van der Waals surface area contributed by atoms with E-state index in [0.29, 0.717) is 55.1 Å². The maximum atomic E-state index is 13.0. The number of piperazine rings is 1. The molecule has 0 radical (unpaired) electrons. The van der Waals surface area contributed by atoms with Crippen molar-refractivity contribution >= 4 is 22.6 Å². The van der Waals surface area contributed by atoms with Crippen molar-refractivity contribution in [3.8, 4) is 11.8 Å². The van der Waals surface area contributed by atoms with Gasteiger partial charge >= 0.3 is 5.63 Å². The number of nitriles is 1. The van der Waals surface area contributed by atoms with Gasteiger partial charge in [-0.15, -0.1) is 0 Å². The highest BCUT2D eigenvalue weighted by atomic mass is 16.5. The summed E-state index contributed by atoms with van der Waals surface area (Å²) in [6.07, 6.45) is 0.880. The number of hydrogen-bond donors (Lipinski definition) is 0. The predicted octanol–water partition coefficient (Wildman–Crippen LogP) is 3.42. The van der Waals surface area contributed by atoms with Crippen molar-refractivity contribution in [1.82, 2.24) is 4.90 Å². The zero-order valence-corrected chi connectivity index (χ0v) is 17.3. The third-order valence-electron chi connectivity index (χ3n) is 5.34. The molecule has 31 heavy (non-hydrogen) atoms. The van der Waals surface area contributed by atoms with E-state index in [1.807, 2.05) is 25.1 Å². The van der Waals surface area contributed by atoms with Gasteiger partial charge in [-0.1, -0.05) is 19.1 Å². The van der Waals surface area contributed by atoms with Crippen LogP contribution in [-0.4, -0.2) is 43.6 Å². The number of carbonyl (C=O) groups is 1. The van der Waals surface area contributed by atoms with Crippen LogP contribution in [0.4, 0.5) is 5.69 Å². The Morgan fingerprint density at radius 1 is 1.13 bits per heavy atom. The molecule has 0 saturated carbocycles. The van der Waals surface area contributed by atoms with Crippen LogP contribution in [0.2, 0.25) is 0 Å². The number of fused-ring (bicyclic) bond motifs is 1. The fourth-order valence-corrected chi connectivity index (χ4v) is 3.72. The van der Waals surface area contributed by atoms with Crippen molar-refractivity contribution in [2.75, 3.05) is 37.7 Å². The fourth-order valence-electron chi connectivity index (χ4n) is 3.72. The lowest BCUT2D eigenvalue weighted by Crippen LogP contribution is -2.49. The maximum Gasteiger partial charge on any atom is 0.349 e. The molecule has 2 heterocycles. The standard InChI is InChI=1S/C24H23N3O4/c1-2-13-30-19-8-7-17-14-20(24(29)31-22(17)15-19)23(28)27-11-9-26(10-12-27)21-6-4-3-5-18(21)16-25/h3-8,14-15H,2,9-13H2,1H3. The molecule has 0 spiro atoms. The van der Waals surface area contributed by atoms with Gasteiger partial charge in [0.2, 0.25) is 0 Å². The van der Waals surface area contributed by atoms with Gasteiger partial charge in [-0.2, -0.15) is 5.26 Å². The van der Waals surface area contributed by atoms with E-state index in [9.17, 15) is 14.9 Å². The van der Waals surface area contributed by atoms with Gasteiger partial charge < -0.3 is 19.0 Å². The third-order valence-corrected chi connectivity index (χ3v) is 5.34. The van der Waals surface area contributed by atoms with Crippen LogP contribution in [0, 0.1) is 11.3 Å². The molecule has 0 bridgehead atoms. The Kier molecular flexibility index (Phi) is 5.89. The Hall–Kier alpha value is -3.79. The Morgan fingerprint density at radius 3 is 2.65 bits per heavy atom. The lowest BCUT2D eigenvalue weighted by Gasteiger charge is -2.36. The second-order valence-corrected chi connectivity index (χ2v) is 7.40. The molecule has 0 unspecified atom stereocenters. The first-order valence-corrected chi connectivity index (χ1v) is 10.3. The first-order valence-electron chi connectivity index (χ1n) is 10.3. The topological polar surface area (TPSA) is 86.8 Å². The highest BCUT2D eigenvalue weighted by Crippen LogP contribution is 2.23. The Balaban J connectivity index is 1.50. The number of nitrogens with zero attached hydrogens (tertiary/aromatic N) is 3. The highest BCUT2D eigenvalue weighted by molar-refractivity contribution is 5.97. The molecule has 1 aliphatic rings. The van der Waals surface area contributed by atoms with E-state index in [1.54, 1.807) is 35.2 Å². The van der Waals surface area contributed by atoms with E-state index in [4.69, 9.17) is 9.15 Å². The van der Waals surface area contributed by atoms with E-state index >= 15 is 0 Å². The molecule has 7 heteroatoms. The largest absolute Gasteiger partial charge is 0.493 e. The van der Waals surface area contributed by atoms with Gasteiger partial charge in [0, 0.05) is 37.6 Å². The molecule has 0 aliphatic carbocycles. The summed E-state index contributed by atoms with van der Waals surface area (Å²) in [7, 11) is 0. The minimum atomic E-state index is -0.651. The van der Waals surface area contributed by atoms with E-state index in [2.05, 4.69) is 11.0 Å². The average molecular weight is 417 g/mol. The second kappa shape index (κ2) is 8.92. The molecule has 2 aromatic carbocycles. The number of benzene rings is 2. The Labute approximate surface area is 180 Å². The molecule has 4 rings (SSSR count). The van der Waals surface area contributed by atoms with Crippen LogP contribution >= 0.6 is 0 Å². The zero-order chi connectivity index (χ0) is 21.8. The minimum Gasteiger partial charge on any atom is -0.493 e. The number of carbonyl (C=O) groups excluding carboxylic acids is 1. The van der Waals surface area contributed by atoms with Crippen molar-refractivity contribution in [3.63, 3.8) is 0 Å². The minimum absolute atomic E-state index is 0.0283. The molecule has 0 N–H and O–H groups in total. The molecule has 1 saturated heterocycles. The molecular formula is C24H23N3O4. The molecule has 0 atom stereocenters. The van der Waals surface area contributed by atoms with Crippen LogP contribution in [0.5, 0.6) is 5.75 Å². The van der Waals surface area contributed by atoms with Gasteiger partial charge in [-0.05, 0) is 36.8 Å². The van der Waals surface area contributed by atoms with Gasteiger partial charge in [0.1, 0.15) is 23.0 Å². The summed E-state index contributed by atoms with van der Waals surface area (Å²) >= 11 is 0. The quantitative estimate of drug-likeness (QED) is 0.591. The number of anilines is 1. The number of rotatable bonds is 5. The smallest absolute Gasteiger partial charge is 0.349 e. The Morgan fingerprint density at radius 2 is 1.90 bits per heavy atom. The molecule has 3 aromatic rings. The summed E-state index contributed by atoms with van der Waals surface area (Å²) in [5.41, 5.74) is 1.25. The normalized spacial score (nSPS) is 13.8. The van der Waals surface area contributed by atoms with E-state index in [-0.39, 0.29) is 11.5 Å². The summed E-state index contributed by atoms with van der Waals surface area (Å²) in [5, 5.41) is 9.99. The van der Waals surface area contributed by atoms with E-state index in [0.717, 1.165) is 12.1 Å². The van der Waals surface area contributed by atoms with Crippen molar-refractivity contribution in [2.45, 2.75) is 13.3 Å². The molecule has 7 nitrogen and oxygen atoms in total. The van der Waals surface area contributed by atoms with Crippen LogP contribution in [0.1, 0.15) is 29.3 Å². The fraction of sp³-hybridized carbons (Fsp3) is 0.292. The summed E-state index contributed by atoms with van der Waals surface area (Å²) in [6.45, 7) is 4.68. The summed E-state index contributed by atoms with van der Waals surface area (Å²) in [6, 6.07) is 16.5. The molecule has 1 fully saturated rings. The van der Waals surface area contributed by atoms with Crippen molar-refractivity contribution in [1.29, 1.82) is 5.26 Å². The molecule has 1 aromatic heterocycles. The SMILES string of the molecule is CCCOc1ccc2cc(C(=O)N3CCN(c4ccccc4C#N)CC3)c(=O)oc2c1. The van der Waals surface area contributed by atoms with Crippen molar-refractivity contribution in [3.05, 3.63) is 70.1 Å². The number of hydrogen-bond acceptors (Lipinski definition) is 6. The maximum absolute atomic E-state index is 13.0. The Bertz CT molecular complexity index is 1200. The molecular weight excluding hydrogens is 394 g/mol. The highest BCUT2D eigenvalue weighted by Gasteiger charge is 2.26. The van der Waals surface area contributed by atoms with Gasteiger partial charge in [-0.3, -0.25) is 4.79 Å². The number of amides is 1. The van der Waals surface area contributed by atoms with Crippen molar-refractivity contribution in [2.24, 2.45) is 0 Å². The van der Waals surface area contributed by atoms with Crippen LogP contribution in [0.15, 0.2) is 57.7 Å². The van der Waals surface area contributed by atoms with Crippen LogP contribution in [0.25, 0.3) is 11.0 Å². The van der Waals surface area contributed by atoms with E-state index < -0.39 is 5.63 Å². The third kappa shape index (κ3) is 4.24. The molecule has 1 aliphatic heterocycles. The van der Waals surface area contributed by atoms with Gasteiger partial charge in [0.25, 0.3) is 5.91 Å². The first-order chi connectivity index (χ1) is 15.1. The van der Waals surface area contributed by atoms with Gasteiger partial charge in [0.05, 0.1) is 17.9 Å². The predicted molar refractivity (Wildman–Crippen MR) is 118 cm³/mol. The van der Waals surface area contributed by atoms with Gasteiger partial charge in [-0.25, -0.2) is 4.79 Å². The summed E-state index contributed by atoms with van der Waals surface area (Å²) < 4.78 is 11.0.